The molecule has 1 amide bonds. The number of likely N-dealkylation sites (N-methyl/N-ethyl adjacent to an activating group) is 1. The molecule has 1 N–H and O–H groups in total. The number of carbonyl (C=O) groups is 1. The number of piperazine rings is 1. The van der Waals surface area contributed by atoms with Gasteiger partial charge in [-0.15, -0.1) is 0 Å². The van der Waals surface area contributed by atoms with E-state index in [4.69, 9.17) is 0 Å². The van der Waals surface area contributed by atoms with Crippen LogP contribution in [0.5, 0.6) is 0 Å². The van der Waals surface area contributed by atoms with Crippen LogP contribution in [0.3, 0.4) is 0 Å². The van der Waals surface area contributed by atoms with Gasteiger partial charge in [0.15, 0.2) is 0 Å². The molecule has 0 spiro atoms. The smallest absolute Gasteiger partial charge is 0.230 e. The first kappa shape index (κ1) is 14.1. The van der Waals surface area contributed by atoms with Crippen LogP contribution in [-0.4, -0.2) is 43.5 Å². The molecule has 0 aliphatic carbocycles. The van der Waals surface area contributed by atoms with E-state index < -0.39 is 0 Å². The summed E-state index contributed by atoms with van der Waals surface area (Å²) in [6.45, 7) is 9.48. The zero-order chi connectivity index (χ0) is 13.7. The first-order valence-corrected chi connectivity index (χ1v) is 7.43. The van der Waals surface area contributed by atoms with Crippen LogP contribution >= 0.6 is 0 Å². The second-order valence-electron chi connectivity index (χ2n) is 5.30. The lowest BCUT2D eigenvalue weighted by molar-refractivity contribution is -0.902. The molecule has 1 heterocycles. The third-order valence-electron chi connectivity index (χ3n) is 4.19. The number of rotatable bonds is 4. The van der Waals surface area contributed by atoms with Crippen LogP contribution < -0.4 is 4.90 Å². The highest BCUT2D eigenvalue weighted by molar-refractivity contribution is 5.83. The molecule has 3 nitrogen and oxygen atoms in total. The Morgan fingerprint density at radius 3 is 2.37 bits per heavy atom. The van der Waals surface area contributed by atoms with Crippen LogP contribution in [0.1, 0.15) is 31.7 Å². The molecule has 2 rings (SSSR count). The zero-order valence-electron chi connectivity index (χ0n) is 12.1. The highest BCUT2D eigenvalue weighted by atomic mass is 16.2. The summed E-state index contributed by atoms with van der Waals surface area (Å²) in [5.41, 5.74) is 1.15. The van der Waals surface area contributed by atoms with E-state index >= 15 is 0 Å². The normalized spacial score (nSPS) is 18.3. The van der Waals surface area contributed by atoms with Crippen LogP contribution in [0.25, 0.3) is 0 Å². The average molecular weight is 261 g/mol. The first-order chi connectivity index (χ1) is 9.26. The Labute approximate surface area is 116 Å². The van der Waals surface area contributed by atoms with E-state index in [1.54, 1.807) is 4.90 Å². The Bertz CT molecular complexity index is 396. The Hall–Kier alpha value is -1.35. The van der Waals surface area contributed by atoms with Crippen molar-refractivity contribution in [3.8, 4) is 0 Å². The predicted molar refractivity (Wildman–Crippen MR) is 77.3 cm³/mol. The molecule has 1 atom stereocenters. The van der Waals surface area contributed by atoms with E-state index in [2.05, 4.69) is 30.9 Å². The van der Waals surface area contributed by atoms with Crippen molar-refractivity contribution in [2.75, 3.05) is 32.7 Å². The van der Waals surface area contributed by atoms with Gasteiger partial charge < -0.3 is 9.80 Å². The first-order valence-electron chi connectivity index (χ1n) is 7.43. The molecule has 1 aliphatic heterocycles. The number of nitrogens with zero attached hydrogens (tertiary/aromatic N) is 1. The highest BCUT2D eigenvalue weighted by Crippen LogP contribution is 2.21. The van der Waals surface area contributed by atoms with Gasteiger partial charge in [0, 0.05) is 0 Å². The van der Waals surface area contributed by atoms with Crippen molar-refractivity contribution in [2.45, 2.75) is 26.2 Å². The quantitative estimate of drug-likeness (QED) is 0.857. The van der Waals surface area contributed by atoms with Crippen LogP contribution in [-0.2, 0) is 4.79 Å². The summed E-state index contributed by atoms with van der Waals surface area (Å²) in [4.78, 5) is 16.3. The van der Waals surface area contributed by atoms with Gasteiger partial charge in [-0.1, -0.05) is 37.3 Å². The van der Waals surface area contributed by atoms with Crippen molar-refractivity contribution in [3.63, 3.8) is 0 Å². The number of benzene rings is 1. The predicted octanol–water partition coefficient (Wildman–Crippen LogP) is 0.927. The number of hydrogen-bond acceptors (Lipinski definition) is 1. The molecule has 1 aliphatic rings. The van der Waals surface area contributed by atoms with E-state index in [1.165, 1.54) is 0 Å². The molecule has 1 aromatic carbocycles. The molecular weight excluding hydrogens is 236 g/mol. The molecule has 0 saturated carbocycles. The van der Waals surface area contributed by atoms with E-state index in [0.29, 0.717) is 5.91 Å². The molecule has 1 saturated heterocycles. The van der Waals surface area contributed by atoms with Crippen LogP contribution in [0.2, 0.25) is 0 Å². The Morgan fingerprint density at radius 1 is 1.21 bits per heavy atom. The molecule has 1 aromatic rings. The average Bonchev–Trinajstić information content (AvgIpc) is 2.49. The minimum absolute atomic E-state index is 0.0318. The topological polar surface area (TPSA) is 24.8 Å². The Balaban J connectivity index is 2.02. The number of quaternary nitrogens is 1. The fraction of sp³-hybridized carbons (Fsp3) is 0.562. The van der Waals surface area contributed by atoms with Crippen molar-refractivity contribution in [3.05, 3.63) is 35.9 Å². The van der Waals surface area contributed by atoms with Gasteiger partial charge in [0.25, 0.3) is 0 Å². The minimum Gasteiger partial charge on any atom is -0.332 e. The van der Waals surface area contributed by atoms with Crippen molar-refractivity contribution >= 4 is 5.91 Å². The standard InChI is InChI=1S/C16H24N2O/c1-3-15(14-8-6-5-7-9-14)16(19)18-12-10-17(4-2)11-13-18/h5-9,15H,3-4,10-13H2,1-2H3/p+1/t15-/m1/s1. The van der Waals surface area contributed by atoms with Gasteiger partial charge in [0.1, 0.15) is 0 Å². The number of carbonyl (C=O) groups excluding carboxylic acids is 1. The fourth-order valence-electron chi connectivity index (χ4n) is 2.86. The third kappa shape index (κ3) is 3.35. The van der Waals surface area contributed by atoms with Crippen LogP contribution in [0.4, 0.5) is 0 Å². The van der Waals surface area contributed by atoms with E-state index in [0.717, 1.165) is 44.7 Å². The number of nitrogens with one attached hydrogen (secondary N) is 1. The Kier molecular flexibility index (Phi) is 4.97. The summed E-state index contributed by atoms with van der Waals surface area (Å²) in [5, 5.41) is 0. The molecule has 104 valence electrons. The van der Waals surface area contributed by atoms with E-state index in [9.17, 15) is 4.79 Å². The SMILES string of the molecule is CC[C@@H](C(=O)N1CC[NH+](CC)CC1)c1ccccc1. The lowest BCUT2D eigenvalue weighted by Gasteiger charge is -2.33. The molecule has 19 heavy (non-hydrogen) atoms. The monoisotopic (exact) mass is 261 g/mol. The second kappa shape index (κ2) is 6.71. The van der Waals surface area contributed by atoms with Crippen LogP contribution in [0.15, 0.2) is 30.3 Å². The molecule has 0 bridgehead atoms. The lowest BCUT2D eigenvalue weighted by atomic mass is 9.95. The van der Waals surface area contributed by atoms with Gasteiger partial charge in [-0.25, -0.2) is 0 Å². The molecule has 1 fully saturated rings. The molecular formula is C16H25N2O+. The molecule has 3 heteroatoms. The van der Waals surface area contributed by atoms with Gasteiger partial charge in [-0.05, 0) is 18.9 Å². The Morgan fingerprint density at radius 2 is 1.84 bits per heavy atom. The van der Waals surface area contributed by atoms with Gasteiger partial charge in [-0.3, -0.25) is 4.79 Å². The number of amides is 1. The fourth-order valence-corrected chi connectivity index (χ4v) is 2.86. The van der Waals surface area contributed by atoms with Crippen molar-refractivity contribution in [1.82, 2.24) is 4.90 Å². The maximum absolute atomic E-state index is 12.6. The zero-order valence-corrected chi connectivity index (χ0v) is 12.1. The van der Waals surface area contributed by atoms with Gasteiger partial charge in [0.2, 0.25) is 5.91 Å². The van der Waals surface area contributed by atoms with E-state index in [-0.39, 0.29) is 5.92 Å². The maximum atomic E-state index is 12.6. The summed E-state index contributed by atoms with van der Waals surface area (Å²) in [6.07, 6.45) is 0.879. The largest absolute Gasteiger partial charge is 0.332 e. The van der Waals surface area contributed by atoms with Gasteiger partial charge >= 0.3 is 0 Å². The minimum atomic E-state index is 0.0318. The summed E-state index contributed by atoms with van der Waals surface area (Å²) in [7, 11) is 0. The second-order valence-corrected chi connectivity index (χ2v) is 5.30. The summed E-state index contributed by atoms with van der Waals surface area (Å²) in [5.74, 6) is 0.341. The van der Waals surface area contributed by atoms with Gasteiger partial charge in [-0.2, -0.15) is 0 Å². The molecule has 0 aromatic heterocycles. The summed E-state index contributed by atoms with van der Waals surface area (Å²) < 4.78 is 0. The lowest BCUT2D eigenvalue weighted by Crippen LogP contribution is -3.14. The highest BCUT2D eigenvalue weighted by Gasteiger charge is 2.28. The van der Waals surface area contributed by atoms with Crippen LogP contribution in [0, 0.1) is 0 Å². The molecule has 0 radical (unpaired) electrons. The van der Waals surface area contributed by atoms with Crippen molar-refractivity contribution < 1.29 is 9.69 Å². The third-order valence-corrected chi connectivity index (χ3v) is 4.19. The maximum Gasteiger partial charge on any atom is 0.230 e. The van der Waals surface area contributed by atoms with Gasteiger partial charge in [0.05, 0.1) is 38.6 Å². The van der Waals surface area contributed by atoms with E-state index in [1.807, 2.05) is 18.2 Å². The number of hydrogen-bond donors (Lipinski definition) is 1. The summed E-state index contributed by atoms with van der Waals surface area (Å²) in [6, 6.07) is 10.2. The summed E-state index contributed by atoms with van der Waals surface area (Å²) >= 11 is 0. The molecule has 0 unspecified atom stereocenters. The van der Waals surface area contributed by atoms with Crippen molar-refractivity contribution in [1.29, 1.82) is 0 Å². The van der Waals surface area contributed by atoms with Crippen molar-refractivity contribution in [2.24, 2.45) is 0 Å².